The Bertz CT molecular complexity index is 444. The number of thiazole rings is 1. The van der Waals surface area contributed by atoms with Crippen LogP contribution in [0, 0.1) is 6.92 Å². The SMILES string of the molecule is Cc1nc(CN(C)S(=O)(=O)C(C)CCl)cs1. The second-order valence-electron chi connectivity index (χ2n) is 3.62. The molecule has 92 valence electrons. The van der Waals surface area contributed by atoms with E-state index in [0.29, 0.717) is 6.54 Å². The van der Waals surface area contributed by atoms with Crippen molar-refractivity contribution in [1.82, 2.24) is 9.29 Å². The summed E-state index contributed by atoms with van der Waals surface area (Å²) < 4.78 is 25.1. The van der Waals surface area contributed by atoms with Gasteiger partial charge in [-0.3, -0.25) is 0 Å². The van der Waals surface area contributed by atoms with Crippen LogP contribution in [0.25, 0.3) is 0 Å². The molecule has 1 unspecified atom stereocenters. The number of nitrogens with zero attached hydrogens (tertiary/aromatic N) is 2. The lowest BCUT2D eigenvalue weighted by Gasteiger charge is -2.19. The average molecular weight is 283 g/mol. The van der Waals surface area contributed by atoms with Crippen LogP contribution >= 0.6 is 22.9 Å². The van der Waals surface area contributed by atoms with E-state index in [-0.39, 0.29) is 5.88 Å². The van der Waals surface area contributed by atoms with Crippen molar-refractivity contribution in [2.24, 2.45) is 0 Å². The maximum Gasteiger partial charge on any atom is 0.217 e. The van der Waals surface area contributed by atoms with Gasteiger partial charge in [0.2, 0.25) is 10.0 Å². The Balaban J connectivity index is 2.76. The zero-order chi connectivity index (χ0) is 12.3. The molecule has 0 radical (unpaired) electrons. The maximum atomic E-state index is 11.9. The van der Waals surface area contributed by atoms with Crippen LogP contribution in [0.1, 0.15) is 17.6 Å². The molecule has 0 bridgehead atoms. The highest BCUT2D eigenvalue weighted by molar-refractivity contribution is 7.89. The maximum absolute atomic E-state index is 11.9. The Morgan fingerprint density at radius 1 is 1.62 bits per heavy atom. The summed E-state index contributed by atoms with van der Waals surface area (Å²) in [5.41, 5.74) is 0.773. The first kappa shape index (κ1) is 13.9. The van der Waals surface area contributed by atoms with Gasteiger partial charge in [0.25, 0.3) is 0 Å². The predicted molar refractivity (Wildman–Crippen MR) is 67.4 cm³/mol. The molecule has 0 aliphatic heterocycles. The number of aryl methyl sites for hydroxylation is 1. The van der Waals surface area contributed by atoms with Gasteiger partial charge < -0.3 is 0 Å². The summed E-state index contributed by atoms with van der Waals surface area (Å²) in [6, 6.07) is 0. The standard InChI is InChI=1S/C9H15ClN2O2S2/c1-7(4-10)16(13,14)12(3)5-9-6-15-8(2)11-9/h6-7H,4-5H2,1-3H3. The predicted octanol–water partition coefficient (Wildman–Crippen LogP) is 1.84. The summed E-state index contributed by atoms with van der Waals surface area (Å²) in [4.78, 5) is 4.23. The van der Waals surface area contributed by atoms with E-state index in [2.05, 4.69) is 4.98 Å². The smallest absolute Gasteiger partial charge is 0.217 e. The van der Waals surface area contributed by atoms with Crippen molar-refractivity contribution in [3.63, 3.8) is 0 Å². The third-order valence-corrected chi connectivity index (χ3v) is 5.86. The molecule has 4 nitrogen and oxygen atoms in total. The monoisotopic (exact) mass is 282 g/mol. The molecular formula is C9H15ClN2O2S2. The lowest BCUT2D eigenvalue weighted by atomic mass is 10.5. The third kappa shape index (κ3) is 3.16. The third-order valence-electron chi connectivity index (χ3n) is 2.21. The fraction of sp³-hybridized carbons (Fsp3) is 0.667. The van der Waals surface area contributed by atoms with Gasteiger partial charge in [0.1, 0.15) is 0 Å². The van der Waals surface area contributed by atoms with Gasteiger partial charge in [-0.1, -0.05) is 0 Å². The number of aromatic nitrogens is 1. The Morgan fingerprint density at radius 2 is 2.25 bits per heavy atom. The van der Waals surface area contributed by atoms with Gasteiger partial charge in [0.15, 0.2) is 0 Å². The van der Waals surface area contributed by atoms with Gasteiger partial charge in [0.05, 0.1) is 22.5 Å². The van der Waals surface area contributed by atoms with Crippen LogP contribution in [0.4, 0.5) is 0 Å². The molecule has 1 heterocycles. The van der Waals surface area contributed by atoms with Crippen LogP contribution in [0.2, 0.25) is 0 Å². The topological polar surface area (TPSA) is 50.3 Å². The fourth-order valence-electron chi connectivity index (χ4n) is 1.19. The minimum atomic E-state index is -3.31. The van der Waals surface area contributed by atoms with E-state index in [0.717, 1.165) is 10.7 Å². The summed E-state index contributed by atoms with van der Waals surface area (Å²) in [6.45, 7) is 3.79. The van der Waals surface area contributed by atoms with E-state index in [9.17, 15) is 8.42 Å². The molecule has 0 amide bonds. The van der Waals surface area contributed by atoms with Crippen molar-refractivity contribution in [1.29, 1.82) is 0 Å². The Hall–Kier alpha value is -0.170. The molecule has 0 fully saturated rings. The normalized spacial score (nSPS) is 14.3. The Labute approximate surface area is 105 Å². The van der Waals surface area contributed by atoms with Gasteiger partial charge in [-0.25, -0.2) is 13.4 Å². The largest absolute Gasteiger partial charge is 0.245 e. The molecule has 0 aliphatic carbocycles. The Kier molecular flexibility index (Phi) is 4.73. The van der Waals surface area contributed by atoms with Gasteiger partial charge in [-0.15, -0.1) is 22.9 Å². The molecule has 7 heteroatoms. The minimum absolute atomic E-state index is 0.1000. The Morgan fingerprint density at radius 3 is 2.69 bits per heavy atom. The molecule has 1 aromatic rings. The molecule has 0 saturated carbocycles. The van der Waals surface area contributed by atoms with Gasteiger partial charge >= 0.3 is 0 Å². The van der Waals surface area contributed by atoms with Crippen LogP contribution in [-0.2, 0) is 16.6 Å². The summed E-state index contributed by atoms with van der Waals surface area (Å²) in [7, 11) is -1.76. The molecule has 1 aromatic heterocycles. The molecule has 16 heavy (non-hydrogen) atoms. The fourth-order valence-corrected chi connectivity index (χ4v) is 3.35. The van der Waals surface area contributed by atoms with Crippen molar-refractivity contribution < 1.29 is 8.42 Å². The molecule has 0 N–H and O–H groups in total. The number of hydrogen-bond donors (Lipinski definition) is 0. The van der Waals surface area contributed by atoms with Gasteiger partial charge in [-0.2, -0.15) is 4.31 Å². The second kappa shape index (κ2) is 5.44. The highest BCUT2D eigenvalue weighted by Crippen LogP contribution is 2.14. The number of rotatable bonds is 5. The van der Waals surface area contributed by atoms with E-state index in [1.165, 1.54) is 15.6 Å². The van der Waals surface area contributed by atoms with E-state index < -0.39 is 15.3 Å². The summed E-state index contributed by atoms with van der Waals surface area (Å²) in [5.74, 6) is 0.1000. The van der Waals surface area contributed by atoms with E-state index in [4.69, 9.17) is 11.6 Å². The minimum Gasteiger partial charge on any atom is -0.245 e. The zero-order valence-electron chi connectivity index (χ0n) is 9.47. The summed E-state index contributed by atoms with van der Waals surface area (Å²) in [5, 5.41) is 2.23. The molecular weight excluding hydrogens is 268 g/mol. The van der Waals surface area contributed by atoms with Crippen LogP contribution < -0.4 is 0 Å². The molecule has 0 aromatic carbocycles. The van der Waals surface area contributed by atoms with Crippen molar-refractivity contribution in [3.05, 3.63) is 16.1 Å². The average Bonchev–Trinajstić information content (AvgIpc) is 2.62. The molecule has 0 aliphatic rings. The van der Waals surface area contributed by atoms with Gasteiger partial charge in [-0.05, 0) is 13.8 Å². The first-order valence-electron chi connectivity index (χ1n) is 4.80. The van der Waals surface area contributed by atoms with Crippen LogP contribution in [0.3, 0.4) is 0 Å². The molecule has 1 atom stereocenters. The first-order chi connectivity index (χ1) is 7.37. The van der Waals surface area contributed by atoms with Crippen LogP contribution in [0.5, 0.6) is 0 Å². The van der Waals surface area contributed by atoms with Crippen LogP contribution in [0.15, 0.2) is 5.38 Å². The summed E-state index contributed by atoms with van der Waals surface area (Å²) in [6.07, 6.45) is 0. The van der Waals surface area contributed by atoms with E-state index >= 15 is 0 Å². The highest BCUT2D eigenvalue weighted by atomic mass is 35.5. The molecule has 0 spiro atoms. The van der Waals surface area contributed by atoms with Crippen LogP contribution in [-0.4, -0.2) is 35.9 Å². The van der Waals surface area contributed by atoms with Crippen molar-refractivity contribution >= 4 is 33.0 Å². The van der Waals surface area contributed by atoms with Gasteiger partial charge in [0, 0.05) is 18.3 Å². The highest BCUT2D eigenvalue weighted by Gasteiger charge is 2.25. The second-order valence-corrected chi connectivity index (χ2v) is 7.45. The first-order valence-corrected chi connectivity index (χ1v) is 7.71. The number of halogens is 1. The zero-order valence-corrected chi connectivity index (χ0v) is 11.9. The van der Waals surface area contributed by atoms with Crippen molar-refractivity contribution in [2.45, 2.75) is 25.6 Å². The number of sulfonamides is 1. The lowest BCUT2D eigenvalue weighted by Crippen LogP contribution is -2.35. The molecule has 1 rings (SSSR count). The number of alkyl halides is 1. The van der Waals surface area contributed by atoms with E-state index in [1.807, 2.05) is 12.3 Å². The lowest BCUT2D eigenvalue weighted by molar-refractivity contribution is 0.456. The summed E-state index contributed by atoms with van der Waals surface area (Å²) >= 11 is 7.08. The van der Waals surface area contributed by atoms with E-state index in [1.54, 1.807) is 14.0 Å². The quantitative estimate of drug-likeness (QED) is 0.775. The molecule has 0 saturated heterocycles. The van der Waals surface area contributed by atoms with Crippen molar-refractivity contribution in [2.75, 3.05) is 12.9 Å². The number of hydrogen-bond acceptors (Lipinski definition) is 4. The van der Waals surface area contributed by atoms with Crippen molar-refractivity contribution in [3.8, 4) is 0 Å².